The molecule has 0 aromatic rings. The van der Waals surface area contributed by atoms with Crippen LogP contribution in [0.4, 0.5) is 0 Å². The predicted octanol–water partition coefficient (Wildman–Crippen LogP) is 13.7. The van der Waals surface area contributed by atoms with Gasteiger partial charge in [0.2, 0.25) is 5.91 Å². The molecule has 0 aliphatic heterocycles. The molecule has 0 saturated heterocycles. The van der Waals surface area contributed by atoms with Crippen LogP contribution in [0.1, 0.15) is 239 Å². The Morgan fingerprint density at radius 3 is 1.44 bits per heavy atom. The molecule has 6 nitrogen and oxygen atoms in total. The molecule has 2 unspecified atom stereocenters. The number of allylic oxidation sites excluding steroid dienone is 6. The fraction of sp³-hybridized carbons (Fsp3) is 0.837. The van der Waals surface area contributed by atoms with Gasteiger partial charge in [-0.05, 0) is 89.9 Å². The maximum atomic E-state index is 12.4. The predicted molar refractivity (Wildman–Crippen MR) is 236 cm³/mol. The Morgan fingerprint density at radius 1 is 0.509 bits per heavy atom. The van der Waals surface area contributed by atoms with Crippen molar-refractivity contribution in [2.75, 3.05) is 13.2 Å². The molecule has 0 fully saturated rings. The van der Waals surface area contributed by atoms with Crippen molar-refractivity contribution in [1.82, 2.24) is 5.32 Å². The molecular formula is C49H91NO5. The molecule has 0 saturated carbocycles. The molecule has 0 aliphatic rings. The zero-order valence-electron chi connectivity index (χ0n) is 36.4. The molecule has 1 amide bonds. The maximum absolute atomic E-state index is 12.4. The summed E-state index contributed by atoms with van der Waals surface area (Å²) in [6.07, 6.45) is 52.5. The number of ether oxygens (including phenoxy) is 1. The molecule has 55 heavy (non-hydrogen) atoms. The molecule has 2 atom stereocenters. The SMILES string of the molecule is CCCCC/C=C\CCCCCCCC(=O)OCCCCC/C=C\C/C=C\CCCCCCCCCC(=O)NC(CO)C(O)CCCCCCCCCCC. The fourth-order valence-corrected chi connectivity index (χ4v) is 6.96. The monoisotopic (exact) mass is 774 g/mol. The standard InChI is InChI=1S/C49H91NO5/c1-3-5-7-9-11-13-14-23-27-31-35-39-43-49(54)55-44-40-36-32-28-24-21-19-17-15-16-18-20-22-26-30-34-38-42-48(53)50-46(45-51)47(52)41-37-33-29-25-12-10-8-6-4-2/h11,13,15,17,21,24,46-47,51-52H,3-10,12,14,16,18-20,22-23,25-45H2,1-2H3,(H,50,53)/b13-11-,17-15-,24-21-. The Hall–Kier alpha value is -1.92. The number of hydrogen-bond donors (Lipinski definition) is 3. The summed E-state index contributed by atoms with van der Waals surface area (Å²) in [6, 6.07) is -0.551. The van der Waals surface area contributed by atoms with Gasteiger partial charge in [-0.1, -0.05) is 172 Å². The van der Waals surface area contributed by atoms with E-state index in [9.17, 15) is 19.8 Å². The minimum Gasteiger partial charge on any atom is -0.466 e. The van der Waals surface area contributed by atoms with E-state index in [1.807, 2.05) is 0 Å². The van der Waals surface area contributed by atoms with Crippen LogP contribution in [-0.4, -0.2) is 47.4 Å². The van der Waals surface area contributed by atoms with E-state index in [0.29, 0.717) is 25.9 Å². The average molecular weight is 774 g/mol. The zero-order valence-corrected chi connectivity index (χ0v) is 36.4. The molecule has 0 radical (unpaired) electrons. The van der Waals surface area contributed by atoms with E-state index >= 15 is 0 Å². The lowest BCUT2D eigenvalue weighted by Crippen LogP contribution is -2.45. The van der Waals surface area contributed by atoms with Gasteiger partial charge in [0, 0.05) is 12.8 Å². The lowest BCUT2D eigenvalue weighted by atomic mass is 10.0. The van der Waals surface area contributed by atoms with Gasteiger partial charge in [-0.25, -0.2) is 0 Å². The molecule has 0 spiro atoms. The fourth-order valence-electron chi connectivity index (χ4n) is 6.96. The number of amides is 1. The molecule has 0 aromatic heterocycles. The summed E-state index contributed by atoms with van der Waals surface area (Å²) in [4.78, 5) is 24.3. The molecule has 0 rings (SSSR count). The third kappa shape index (κ3) is 41.5. The van der Waals surface area contributed by atoms with Crippen molar-refractivity contribution in [1.29, 1.82) is 0 Å². The highest BCUT2D eigenvalue weighted by Crippen LogP contribution is 2.14. The number of nitrogens with one attached hydrogen (secondary N) is 1. The Morgan fingerprint density at radius 2 is 0.909 bits per heavy atom. The number of unbranched alkanes of at least 4 members (excludes halogenated alkanes) is 26. The van der Waals surface area contributed by atoms with E-state index in [0.717, 1.165) is 83.5 Å². The van der Waals surface area contributed by atoms with Crippen molar-refractivity contribution in [3.8, 4) is 0 Å². The van der Waals surface area contributed by atoms with Crippen LogP contribution >= 0.6 is 0 Å². The van der Waals surface area contributed by atoms with Gasteiger partial charge in [-0.3, -0.25) is 9.59 Å². The largest absolute Gasteiger partial charge is 0.466 e. The molecule has 322 valence electrons. The summed E-state index contributed by atoms with van der Waals surface area (Å²) in [6.45, 7) is 4.84. The maximum Gasteiger partial charge on any atom is 0.305 e. The first-order chi connectivity index (χ1) is 27.0. The van der Waals surface area contributed by atoms with Crippen LogP contribution in [0.3, 0.4) is 0 Å². The van der Waals surface area contributed by atoms with Gasteiger partial charge in [0.15, 0.2) is 0 Å². The number of aliphatic hydroxyl groups is 2. The Labute approximate surface area is 341 Å². The van der Waals surface area contributed by atoms with Crippen molar-refractivity contribution in [2.24, 2.45) is 0 Å². The number of esters is 1. The van der Waals surface area contributed by atoms with Crippen molar-refractivity contribution in [3.63, 3.8) is 0 Å². The summed E-state index contributed by atoms with van der Waals surface area (Å²) in [7, 11) is 0. The summed E-state index contributed by atoms with van der Waals surface area (Å²) in [5.41, 5.74) is 0. The van der Waals surface area contributed by atoms with Gasteiger partial charge in [-0.15, -0.1) is 0 Å². The molecular weight excluding hydrogens is 683 g/mol. The highest BCUT2D eigenvalue weighted by molar-refractivity contribution is 5.76. The number of hydrogen-bond acceptors (Lipinski definition) is 5. The lowest BCUT2D eigenvalue weighted by molar-refractivity contribution is -0.143. The van der Waals surface area contributed by atoms with Gasteiger partial charge >= 0.3 is 5.97 Å². The molecule has 0 heterocycles. The van der Waals surface area contributed by atoms with Crippen LogP contribution in [0, 0.1) is 0 Å². The summed E-state index contributed by atoms with van der Waals surface area (Å²) in [5, 5.41) is 23.0. The average Bonchev–Trinajstić information content (AvgIpc) is 3.18. The molecule has 0 bridgehead atoms. The highest BCUT2D eigenvalue weighted by Gasteiger charge is 2.20. The van der Waals surface area contributed by atoms with Crippen molar-refractivity contribution >= 4 is 11.9 Å². The first-order valence-electron chi connectivity index (χ1n) is 23.7. The van der Waals surface area contributed by atoms with Crippen molar-refractivity contribution in [2.45, 2.75) is 251 Å². The van der Waals surface area contributed by atoms with Gasteiger partial charge in [0.05, 0.1) is 25.4 Å². The Kier molecular flexibility index (Phi) is 43.2. The third-order valence-electron chi connectivity index (χ3n) is 10.7. The molecule has 0 aliphatic carbocycles. The second-order valence-corrected chi connectivity index (χ2v) is 16.1. The Balaban J connectivity index is 3.51. The van der Waals surface area contributed by atoms with E-state index in [2.05, 4.69) is 55.6 Å². The highest BCUT2D eigenvalue weighted by atomic mass is 16.5. The van der Waals surface area contributed by atoms with E-state index in [-0.39, 0.29) is 18.5 Å². The van der Waals surface area contributed by atoms with Gasteiger partial charge in [0.1, 0.15) is 0 Å². The van der Waals surface area contributed by atoms with Crippen molar-refractivity contribution in [3.05, 3.63) is 36.5 Å². The topological polar surface area (TPSA) is 95.9 Å². The molecule has 6 heteroatoms. The Bertz CT molecular complexity index is 900. The quantitative estimate of drug-likeness (QED) is 0.0326. The van der Waals surface area contributed by atoms with Crippen LogP contribution in [0.25, 0.3) is 0 Å². The lowest BCUT2D eigenvalue weighted by Gasteiger charge is -2.22. The van der Waals surface area contributed by atoms with E-state index in [1.54, 1.807) is 0 Å². The van der Waals surface area contributed by atoms with Crippen molar-refractivity contribution < 1.29 is 24.5 Å². The molecule has 3 N–H and O–H groups in total. The number of rotatable bonds is 43. The summed E-state index contributed by atoms with van der Waals surface area (Å²) in [5.74, 6) is -0.0820. The van der Waals surface area contributed by atoms with Crippen LogP contribution in [0.2, 0.25) is 0 Å². The zero-order chi connectivity index (χ0) is 40.1. The van der Waals surface area contributed by atoms with Crippen LogP contribution in [0.15, 0.2) is 36.5 Å². The first kappa shape index (κ1) is 53.1. The van der Waals surface area contributed by atoms with Gasteiger partial charge in [0.25, 0.3) is 0 Å². The summed E-state index contributed by atoms with van der Waals surface area (Å²) >= 11 is 0. The minimum absolute atomic E-state index is 0.0267. The van der Waals surface area contributed by atoms with E-state index < -0.39 is 12.1 Å². The number of carbonyl (C=O) groups is 2. The van der Waals surface area contributed by atoms with Crippen LogP contribution in [0.5, 0.6) is 0 Å². The summed E-state index contributed by atoms with van der Waals surface area (Å²) < 4.78 is 5.42. The molecule has 0 aromatic carbocycles. The number of aliphatic hydroxyl groups excluding tert-OH is 2. The van der Waals surface area contributed by atoms with E-state index in [4.69, 9.17) is 4.74 Å². The van der Waals surface area contributed by atoms with Crippen LogP contribution < -0.4 is 5.32 Å². The van der Waals surface area contributed by atoms with Gasteiger partial charge < -0.3 is 20.3 Å². The van der Waals surface area contributed by atoms with E-state index in [1.165, 1.54) is 122 Å². The smallest absolute Gasteiger partial charge is 0.305 e. The van der Waals surface area contributed by atoms with Gasteiger partial charge in [-0.2, -0.15) is 0 Å². The number of carbonyl (C=O) groups excluding carboxylic acids is 2. The normalized spacial score (nSPS) is 13.0. The second kappa shape index (κ2) is 44.8. The van der Waals surface area contributed by atoms with Crippen LogP contribution in [-0.2, 0) is 14.3 Å². The first-order valence-corrected chi connectivity index (χ1v) is 23.7. The third-order valence-corrected chi connectivity index (χ3v) is 10.7. The second-order valence-electron chi connectivity index (χ2n) is 16.1. The minimum atomic E-state index is -0.672.